The maximum absolute atomic E-state index is 5.89. The summed E-state index contributed by atoms with van der Waals surface area (Å²) in [5, 5.41) is 0. The third-order valence-electron chi connectivity index (χ3n) is 4.37. The van der Waals surface area contributed by atoms with Gasteiger partial charge in [0.15, 0.2) is 17.8 Å². The van der Waals surface area contributed by atoms with Crippen molar-refractivity contribution in [1.29, 1.82) is 0 Å². The molecule has 0 radical (unpaired) electrons. The molecule has 0 aliphatic carbocycles. The maximum atomic E-state index is 5.89. The number of hydrogen-bond acceptors (Lipinski definition) is 5. The molecular weight excluding hydrogens is 342 g/mol. The van der Waals surface area contributed by atoms with Crippen molar-refractivity contribution in [2.24, 2.45) is 0 Å². The van der Waals surface area contributed by atoms with Crippen LogP contribution in [0.1, 0.15) is 25.0 Å². The van der Waals surface area contributed by atoms with E-state index in [1.165, 1.54) is 5.56 Å². The molecular formula is C22H27NO4. The number of benzene rings is 2. The highest BCUT2D eigenvalue weighted by Crippen LogP contribution is 2.29. The monoisotopic (exact) mass is 369 g/mol. The van der Waals surface area contributed by atoms with E-state index < -0.39 is 0 Å². The minimum Gasteiger partial charge on any atom is -0.493 e. The quantitative estimate of drug-likeness (QED) is 0.648. The Morgan fingerprint density at radius 1 is 1.19 bits per heavy atom. The van der Waals surface area contributed by atoms with Gasteiger partial charge in [-0.25, -0.2) is 0 Å². The van der Waals surface area contributed by atoms with E-state index in [1.807, 2.05) is 62.4 Å². The summed E-state index contributed by atoms with van der Waals surface area (Å²) >= 11 is 0. The molecule has 0 saturated heterocycles. The molecule has 0 saturated carbocycles. The molecule has 0 fully saturated rings. The van der Waals surface area contributed by atoms with E-state index in [1.54, 1.807) is 7.11 Å². The maximum Gasteiger partial charge on any atom is 0.197 e. The summed E-state index contributed by atoms with van der Waals surface area (Å²) in [7, 11) is 1.64. The van der Waals surface area contributed by atoms with Crippen molar-refractivity contribution in [3.8, 4) is 17.2 Å². The van der Waals surface area contributed by atoms with Crippen LogP contribution in [0.5, 0.6) is 17.2 Å². The first kappa shape index (κ1) is 19.3. The Balaban J connectivity index is 1.47. The summed E-state index contributed by atoms with van der Waals surface area (Å²) in [4.78, 5) is 2.21. The van der Waals surface area contributed by atoms with Crippen LogP contribution in [0.4, 0.5) is 0 Å². The summed E-state index contributed by atoms with van der Waals surface area (Å²) in [5.74, 6) is 2.34. The molecule has 5 heteroatoms. The third-order valence-corrected chi connectivity index (χ3v) is 4.37. The average molecular weight is 369 g/mol. The van der Waals surface area contributed by atoms with Gasteiger partial charge in [0.25, 0.3) is 0 Å². The molecule has 0 spiro atoms. The summed E-state index contributed by atoms with van der Waals surface area (Å²) in [6.07, 6.45) is 3.64. The van der Waals surface area contributed by atoms with Gasteiger partial charge in [0.2, 0.25) is 0 Å². The van der Waals surface area contributed by atoms with Crippen LogP contribution < -0.4 is 14.2 Å². The van der Waals surface area contributed by atoms with Crippen molar-refractivity contribution < 1.29 is 18.9 Å². The van der Waals surface area contributed by atoms with Gasteiger partial charge >= 0.3 is 0 Å². The molecule has 0 amide bonds. The molecule has 5 nitrogen and oxygen atoms in total. The summed E-state index contributed by atoms with van der Waals surface area (Å²) in [6, 6.07) is 14.0. The minimum absolute atomic E-state index is 0.371. The highest BCUT2D eigenvalue weighted by molar-refractivity contribution is 5.55. The fraction of sp³-hybridized carbons (Fsp3) is 0.364. The summed E-state index contributed by atoms with van der Waals surface area (Å²) in [5.41, 5.74) is 2.28. The van der Waals surface area contributed by atoms with Gasteiger partial charge in [-0.1, -0.05) is 36.4 Å². The SMILES string of the molecule is C/C=C/c1ccc(OC(C)OCCN2COc3ccccc3C2)c(OC)c1. The van der Waals surface area contributed by atoms with Crippen LogP contribution in [0.15, 0.2) is 48.5 Å². The van der Waals surface area contributed by atoms with Gasteiger partial charge in [-0.05, 0) is 37.6 Å². The Hall–Kier alpha value is -2.50. The molecule has 1 heterocycles. The van der Waals surface area contributed by atoms with E-state index in [0.717, 1.165) is 24.4 Å². The smallest absolute Gasteiger partial charge is 0.197 e. The Bertz CT molecular complexity index is 775. The lowest BCUT2D eigenvalue weighted by molar-refractivity contribution is -0.0774. The van der Waals surface area contributed by atoms with E-state index in [0.29, 0.717) is 24.8 Å². The Morgan fingerprint density at radius 3 is 2.85 bits per heavy atom. The number of rotatable bonds is 8. The predicted molar refractivity (Wildman–Crippen MR) is 106 cm³/mol. The highest BCUT2D eigenvalue weighted by atomic mass is 16.7. The van der Waals surface area contributed by atoms with Crippen LogP contribution in [-0.4, -0.2) is 38.2 Å². The van der Waals surface area contributed by atoms with Gasteiger partial charge in [0.05, 0.1) is 13.7 Å². The third kappa shape index (κ3) is 5.25. The van der Waals surface area contributed by atoms with Gasteiger partial charge < -0.3 is 18.9 Å². The van der Waals surface area contributed by atoms with Crippen LogP contribution in [0.3, 0.4) is 0 Å². The summed E-state index contributed by atoms with van der Waals surface area (Å²) in [6.45, 7) is 6.66. The van der Waals surface area contributed by atoms with Gasteiger partial charge in [-0.15, -0.1) is 0 Å². The van der Waals surface area contributed by atoms with Gasteiger partial charge in [0, 0.05) is 18.7 Å². The molecule has 0 aromatic heterocycles. The topological polar surface area (TPSA) is 40.2 Å². The lowest BCUT2D eigenvalue weighted by Crippen LogP contribution is -2.35. The molecule has 1 unspecified atom stereocenters. The highest BCUT2D eigenvalue weighted by Gasteiger charge is 2.17. The number of methoxy groups -OCH3 is 1. The molecule has 1 aliphatic heterocycles. The van der Waals surface area contributed by atoms with E-state index >= 15 is 0 Å². The first-order valence-electron chi connectivity index (χ1n) is 9.21. The largest absolute Gasteiger partial charge is 0.493 e. The van der Waals surface area contributed by atoms with Crippen molar-refractivity contribution in [1.82, 2.24) is 4.90 Å². The number of para-hydroxylation sites is 1. The van der Waals surface area contributed by atoms with Crippen molar-refractivity contribution >= 4 is 6.08 Å². The zero-order chi connectivity index (χ0) is 19.1. The van der Waals surface area contributed by atoms with Crippen LogP contribution in [0.2, 0.25) is 0 Å². The van der Waals surface area contributed by atoms with Gasteiger partial charge in [-0.2, -0.15) is 0 Å². The molecule has 0 N–H and O–H groups in total. The standard InChI is InChI=1S/C22H27NO4/c1-4-7-18-10-11-21(22(14-18)24-3)27-17(2)25-13-12-23-15-19-8-5-6-9-20(19)26-16-23/h4-11,14,17H,12-13,15-16H2,1-3H3/b7-4+. The molecule has 2 aromatic rings. The van der Waals surface area contributed by atoms with Crippen molar-refractivity contribution in [2.45, 2.75) is 26.7 Å². The number of hydrogen-bond donors (Lipinski definition) is 0. The Kier molecular flexibility index (Phi) is 6.74. The number of allylic oxidation sites excluding steroid dienone is 1. The average Bonchev–Trinajstić information content (AvgIpc) is 2.69. The van der Waals surface area contributed by atoms with E-state index in [9.17, 15) is 0 Å². The van der Waals surface area contributed by atoms with Crippen LogP contribution in [0, 0.1) is 0 Å². The van der Waals surface area contributed by atoms with E-state index in [-0.39, 0.29) is 6.29 Å². The minimum atomic E-state index is -0.371. The fourth-order valence-electron chi connectivity index (χ4n) is 3.00. The predicted octanol–water partition coefficient (Wildman–Crippen LogP) is 4.32. The van der Waals surface area contributed by atoms with Crippen molar-refractivity contribution in [3.63, 3.8) is 0 Å². The Morgan fingerprint density at radius 2 is 2.04 bits per heavy atom. The zero-order valence-corrected chi connectivity index (χ0v) is 16.2. The van der Waals surface area contributed by atoms with E-state index in [4.69, 9.17) is 18.9 Å². The molecule has 3 rings (SSSR count). The normalized spacial score (nSPS) is 15.2. The van der Waals surface area contributed by atoms with Gasteiger partial charge in [0.1, 0.15) is 12.5 Å². The molecule has 1 aliphatic rings. The second kappa shape index (κ2) is 9.44. The second-order valence-electron chi connectivity index (χ2n) is 6.40. The molecule has 0 bridgehead atoms. The molecule has 1 atom stereocenters. The zero-order valence-electron chi connectivity index (χ0n) is 16.2. The lowest BCUT2D eigenvalue weighted by atomic mass is 10.2. The van der Waals surface area contributed by atoms with Crippen molar-refractivity contribution in [3.05, 3.63) is 59.7 Å². The number of nitrogens with zero attached hydrogens (tertiary/aromatic N) is 1. The summed E-state index contributed by atoms with van der Waals surface area (Å²) < 4.78 is 22.9. The number of ether oxygens (including phenoxy) is 4. The first-order chi connectivity index (χ1) is 13.2. The van der Waals surface area contributed by atoms with Crippen molar-refractivity contribution in [2.75, 3.05) is 27.0 Å². The Labute approximate surface area is 161 Å². The molecule has 27 heavy (non-hydrogen) atoms. The van der Waals surface area contributed by atoms with E-state index in [2.05, 4.69) is 11.0 Å². The molecule has 144 valence electrons. The lowest BCUT2D eigenvalue weighted by Gasteiger charge is -2.29. The number of fused-ring (bicyclic) bond motifs is 1. The molecule has 2 aromatic carbocycles. The second-order valence-corrected chi connectivity index (χ2v) is 6.40. The first-order valence-corrected chi connectivity index (χ1v) is 9.21. The van der Waals surface area contributed by atoms with Crippen LogP contribution >= 0.6 is 0 Å². The van der Waals surface area contributed by atoms with Crippen LogP contribution in [0.25, 0.3) is 6.08 Å². The van der Waals surface area contributed by atoms with Gasteiger partial charge in [-0.3, -0.25) is 4.90 Å². The fourth-order valence-corrected chi connectivity index (χ4v) is 3.00. The van der Waals surface area contributed by atoms with Crippen LogP contribution in [-0.2, 0) is 11.3 Å².